The van der Waals surface area contributed by atoms with Gasteiger partial charge in [-0.3, -0.25) is 0 Å². The Labute approximate surface area is 267 Å². The summed E-state index contributed by atoms with van der Waals surface area (Å²) in [6, 6.07) is 39.7. The molecule has 3 N–H and O–H groups in total. The Hall–Kier alpha value is -6.67. The number of hydrogen-bond acceptors (Lipinski definition) is 6. The first-order valence-corrected chi connectivity index (χ1v) is 15.3. The molecule has 0 spiro atoms. The number of rotatable bonds is 1. The minimum absolute atomic E-state index is 0.165. The van der Waals surface area contributed by atoms with Gasteiger partial charge in [-0.25, -0.2) is 24.9 Å². The molecule has 3 aromatic heterocycles. The molecule has 47 heavy (non-hydrogen) atoms. The second kappa shape index (κ2) is 9.66. The number of hydrogen-bond donors (Lipinski definition) is 3. The Morgan fingerprint density at radius 2 is 0.915 bits per heavy atom. The molecular formula is C39H23N7O. The van der Waals surface area contributed by atoms with E-state index in [0.717, 1.165) is 66.1 Å². The molecule has 10 rings (SSSR count). The summed E-state index contributed by atoms with van der Waals surface area (Å²) < 4.78 is 0. The van der Waals surface area contributed by atoms with Crippen LogP contribution in [0.1, 0.15) is 0 Å². The van der Waals surface area contributed by atoms with Crippen molar-refractivity contribution in [1.82, 2.24) is 34.9 Å². The molecule has 2 aliphatic heterocycles. The number of aromatic amines is 2. The number of aromatic nitrogens is 7. The summed E-state index contributed by atoms with van der Waals surface area (Å²) in [5.74, 6) is 1.90. The fourth-order valence-corrected chi connectivity index (χ4v) is 6.79. The van der Waals surface area contributed by atoms with Gasteiger partial charge in [-0.1, -0.05) is 109 Å². The van der Waals surface area contributed by atoms with Crippen LogP contribution in [-0.2, 0) is 0 Å². The van der Waals surface area contributed by atoms with Crippen molar-refractivity contribution in [3.05, 3.63) is 121 Å². The van der Waals surface area contributed by atoms with Crippen LogP contribution in [0, 0.1) is 0 Å². The molecule has 0 radical (unpaired) electrons. The third-order valence-corrected chi connectivity index (χ3v) is 8.91. The van der Waals surface area contributed by atoms with E-state index in [-0.39, 0.29) is 5.75 Å². The molecule has 8 heteroatoms. The minimum Gasteiger partial charge on any atom is -0.508 e. The second-order valence-corrected chi connectivity index (χ2v) is 11.7. The summed E-state index contributed by atoms with van der Waals surface area (Å²) in [5.41, 5.74) is 8.88. The molecule has 220 valence electrons. The monoisotopic (exact) mass is 605 g/mol. The maximum absolute atomic E-state index is 10.7. The first kappa shape index (κ1) is 25.6. The largest absolute Gasteiger partial charge is 0.508 e. The van der Waals surface area contributed by atoms with E-state index in [1.807, 2.05) is 91.0 Å². The van der Waals surface area contributed by atoms with Gasteiger partial charge >= 0.3 is 0 Å². The van der Waals surface area contributed by atoms with Crippen molar-refractivity contribution in [2.45, 2.75) is 0 Å². The van der Waals surface area contributed by atoms with Crippen molar-refractivity contribution in [1.29, 1.82) is 0 Å². The number of aromatic hydroxyl groups is 1. The zero-order valence-electron chi connectivity index (χ0n) is 24.7. The molecular weight excluding hydrogens is 582 g/mol. The molecule has 5 heterocycles. The Kier molecular flexibility index (Phi) is 5.27. The molecule has 0 aliphatic carbocycles. The van der Waals surface area contributed by atoms with E-state index in [9.17, 15) is 5.11 Å². The second-order valence-electron chi connectivity index (χ2n) is 11.7. The number of nitrogens with zero attached hydrogens (tertiary/aromatic N) is 5. The van der Waals surface area contributed by atoms with E-state index in [1.165, 1.54) is 0 Å². The minimum atomic E-state index is 0.165. The Morgan fingerprint density at radius 1 is 0.426 bits per heavy atom. The summed E-state index contributed by atoms with van der Waals surface area (Å²) in [4.78, 5) is 32.8. The highest BCUT2D eigenvalue weighted by Gasteiger charge is 2.24. The van der Waals surface area contributed by atoms with Crippen LogP contribution in [0.15, 0.2) is 121 Å². The topological polar surface area (TPSA) is 116 Å². The number of phenolic OH excluding ortho intramolecular Hbond substituents is 1. The Morgan fingerprint density at radius 3 is 1.53 bits per heavy atom. The zero-order chi connectivity index (χ0) is 31.1. The average molecular weight is 606 g/mol. The van der Waals surface area contributed by atoms with Crippen LogP contribution >= 0.6 is 0 Å². The van der Waals surface area contributed by atoms with Gasteiger partial charge in [0.1, 0.15) is 22.7 Å². The van der Waals surface area contributed by atoms with Gasteiger partial charge in [0.05, 0.1) is 11.2 Å². The first-order chi connectivity index (χ1) is 23.2. The molecule has 8 aromatic rings. The fourth-order valence-electron chi connectivity index (χ4n) is 6.79. The van der Waals surface area contributed by atoms with Gasteiger partial charge in [-0.15, -0.1) is 0 Å². The van der Waals surface area contributed by atoms with Gasteiger partial charge in [0.15, 0.2) is 17.5 Å². The summed E-state index contributed by atoms with van der Waals surface area (Å²) in [6.07, 6.45) is 0. The van der Waals surface area contributed by atoms with Gasteiger partial charge in [-0.2, -0.15) is 0 Å². The predicted molar refractivity (Wildman–Crippen MR) is 185 cm³/mol. The van der Waals surface area contributed by atoms with E-state index in [1.54, 1.807) is 12.1 Å². The van der Waals surface area contributed by atoms with E-state index in [0.29, 0.717) is 34.4 Å². The van der Waals surface area contributed by atoms with Crippen molar-refractivity contribution >= 4 is 44.0 Å². The predicted octanol–water partition coefficient (Wildman–Crippen LogP) is 8.85. The van der Waals surface area contributed by atoms with Crippen LogP contribution in [0.3, 0.4) is 0 Å². The standard InChI is InChI=1S/C39H23N7O/c47-22-11-9-10-21(20-22)31-32-23-12-1-3-14-25(23)34(40-32)42-36-27-16-5-7-18-29(27)38(44-36)46-39-30-19-8-6-17-28(30)37(45-39)43-35-26-15-4-2-13-24(26)33(31)41-35/h1-20,47H,(H2,40,41,42,43,44,45,46). The molecule has 0 saturated heterocycles. The summed E-state index contributed by atoms with van der Waals surface area (Å²) >= 11 is 0. The highest BCUT2D eigenvalue weighted by molar-refractivity contribution is 6.13. The van der Waals surface area contributed by atoms with Crippen molar-refractivity contribution in [3.63, 3.8) is 0 Å². The van der Waals surface area contributed by atoms with E-state index in [2.05, 4.69) is 28.2 Å². The molecule has 0 atom stereocenters. The third-order valence-electron chi connectivity index (χ3n) is 8.91. The first-order valence-electron chi connectivity index (χ1n) is 15.3. The number of fused-ring (bicyclic) bond motifs is 20. The van der Waals surface area contributed by atoms with Crippen LogP contribution in [0.4, 0.5) is 0 Å². The van der Waals surface area contributed by atoms with Gasteiger partial charge in [0.25, 0.3) is 0 Å². The summed E-state index contributed by atoms with van der Waals surface area (Å²) in [6.45, 7) is 0. The maximum atomic E-state index is 10.7. The molecule has 0 unspecified atom stereocenters. The van der Waals surface area contributed by atoms with Gasteiger partial charge < -0.3 is 15.1 Å². The van der Waals surface area contributed by atoms with Crippen molar-refractivity contribution in [3.8, 4) is 62.3 Å². The lowest BCUT2D eigenvalue weighted by Crippen LogP contribution is -1.86. The molecule has 8 nitrogen and oxygen atoms in total. The third kappa shape index (κ3) is 3.85. The van der Waals surface area contributed by atoms with E-state index in [4.69, 9.17) is 24.9 Å². The average Bonchev–Trinajstić information content (AvgIpc) is 3.85. The lowest BCUT2D eigenvalue weighted by Gasteiger charge is -2.07. The molecule has 2 aliphatic rings. The van der Waals surface area contributed by atoms with Crippen LogP contribution in [0.25, 0.3) is 101 Å². The van der Waals surface area contributed by atoms with E-state index >= 15 is 0 Å². The number of H-pyrrole nitrogens is 2. The highest BCUT2D eigenvalue weighted by atomic mass is 16.3. The lowest BCUT2D eigenvalue weighted by atomic mass is 9.97. The highest BCUT2D eigenvalue weighted by Crippen LogP contribution is 2.44. The number of benzene rings is 5. The van der Waals surface area contributed by atoms with Crippen LogP contribution < -0.4 is 0 Å². The van der Waals surface area contributed by atoms with Crippen molar-refractivity contribution in [2.24, 2.45) is 0 Å². The molecule has 0 amide bonds. The molecule has 5 aromatic carbocycles. The fraction of sp³-hybridized carbons (Fsp3) is 0. The molecule has 0 saturated carbocycles. The summed E-state index contributed by atoms with van der Waals surface area (Å²) in [7, 11) is 0. The Balaban J connectivity index is 1.48. The van der Waals surface area contributed by atoms with E-state index < -0.39 is 0 Å². The summed E-state index contributed by atoms with van der Waals surface area (Å²) in [5, 5.41) is 14.4. The normalized spacial score (nSPS) is 11.9. The number of nitrogens with one attached hydrogen (secondary N) is 2. The SMILES string of the molecule is Oc1cccc(-c2c3nc(nc4[nH]c(nc5nc(nc6[nH]c2c2ccccc62)-c2ccccc2-5)c2ccccc42)-c2ccccc2-3)c1. The molecule has 0 fully saturated rings. The van der Waals surface area contributed by atoms with Gasteiger partial charge in [-0.05, 0) is 17.7 Å². The Bertz CT molecular complexity index is 2780. The number of phenols is 1. The maximum Gasteiger partial charge on any atom is 0.164 e. The quantitative estimate of drug-likeness (QED) is 0.172. The van der Waals surface area contributed by atoms with Crippen LogP contribution in [0.5, 0.6) is 5.75 Å². The van der Waals surface area contributed by atoms with Crippen molar-refractivity contribution < 1.29 is 5.11 Å². The smallest absolute Gasteiger partial charge is 0.164 e. The van der Waals surface area contributed by atoms with Crippen molar-refractivity contribution in [2.75, 3.05) is 0 Å². The van der Waals surface area contributed by atoms with Gasteiger partial charge in [0, 0.05) is 49.4 Å². The van der Waals surface area contributed by atoms with Gasteiger partial charge in [0.2, 0.25) is 0 Å². The van der Waals surface area contributed by atoms with Crippen LogP contribution in [0.2, 0.25) is 0 Å². The lowest BCUT2D eigenvalue weighted by molar-refractivity contribution is 0.475. The molecule has 8 bridgehead atoms. The van der Waals surface area contributed by atoms with Crippen LogP contribution in [-0.4, -0.2) is 40.0 Å². The zero-order valence-corrected chi connectivity index (χ0v) is 24.7.